The fourth-order valence-corrected chi connectivity index (χ4v) is 2.08. The largest absolute Gasteiger partial charge is 0.485 e. The molecule has 15 heavy (non-hydrogen) atoms. The number of aromatic nitrogens is 1. The minimum absolute atomic E-state index is 0.527. The van der Waals surface area contributed by atoms with E-state index in [-0.39, 0.29) is 0 Å². The van der Waals surface area contributed by atoms with Crippen LogP contribution in [-0.4, -0.2) is 17.3 Å². The lowest BCUT2D eigenvalue weighted by atomic mass is 10.2. The van der Waals surface area contributed by atoms with Crippen LogP contribution >= 0.6 is 11.3 Å². The summed E-state index contributed by atoms with van der Waals surface area (Å²) in [5, 5.41) is 0. The van der Waals surface area contributed by atoms with Crippen LogP contribution in [0.5, 0.6) is 5.75 Å². The van der Waals surface area contributed by atoms with Gasteiger partial charge in [-0.05, 0) is 12.1 Å². The summed E-state index contributed by atoms with van der Waals surface area (Å²) in [5.41, 5.74) is 3.65. The molecule has 0 unspecified atom stereocenters. The van der Waals surface area contributed by atoms with Crippen molar-refractivity contribution in [3.8, 4) is 5.75 Å². The Kier molecular flexibility index (Phi) is 1.99. The van der Waals surface area contributed by atoms with Crippen LogP contribution in [0.25, 0.3) is 0 Å². The number of hydrogen-bond acceptors (Lipinski definition) is 4. The lowest BCUT2D eigenvalue weighted by molar-refractivity contribution is 0.373. The molecule has 0 fully saturated rings. The first-order chi connectivity index (χ1) is 7.43. The Balaban J connectivity index is 2.06. The molecule has 1 aliphatic rings. The van der Waals surface area contributed by atoms with Gasteiger partial charge in [0.05, 0.1) is 16.1 Å². The predicted octanol–water partition coefficient (Wildman–Crippen LogP) is 2.66. The fraction of sp³-hybridized carbons (Fsp3) is 0.0909. The molecule has 0 atom stereocenters. The summed E-state index contributed by atoms with van der Waals surface area (Å²) in [6.07, 6.45) is 1.82. The maximum atomic E-state index is 5.61. The van der Waals surface area contributed by atoms with Gasteiger partial charge in [0.25, 0.3) is 0 Å². The molecule has 0 radical (unpaired) electrons. The van der Waals surface area contributed by atoms with E-state index < -0.39 is 0 Å². The van der Waals surface area contributed by atoms with Crippen LogP contribution in [0.1, 0.15) is 4.88 Å². The van der Waals surface area contributed by atoms with Gasteiger partial charge in [-0.15, -0.1) is 11.3 Å². The van der Waals surface area contributed by atoms with E-state index in [2.05, 4.69) is 9.98 Å². The molecule has 0 saturated carbocycles. The normalized spacial score (nSPS) is 14.0. The van der Waals surface area contributed by atoms with Gasteiger partial charge in [0, 0.05) is 6.20 Å². The zero-order valence-corrected chi connectivity index (χ0v) is 8.70. The summed E-state index contributed by atoms with van der Waals surface area (Å²) in [5.74, 6) is 0.853. The SMILES string of the molecule is c1ccc2c(c1)N=C(c1cncs1)CO2. The number of nitrogens with zero attached hydrogens (tertiary/aromatic N) is 2. The van der Waals surface area contributed by atoms with Crippen molar-refractivity contribution in [1.82, 2.24) is 4.98 Å². The van der Waals surface area contributed by atoms with Crippen LogP contribution in [0.15, 0.2) is 41.0 Å². The monoisotopic (exact) mass is 216 g/mol. The van der Waals surface area contributed by atoms with Crippen molar-refractivity contribution in [2.45, 2.75) is 0 Å². The van der Waals surface area contributed by atoms with Crippen LogP contribution in [0.3, 0.4) is 0 Å². The molecule has 1 aromatic carbocycles. The quantitative estimate of drug-likeness (QED) is 0.734. The second-order valence-corrected chi connectivity index (χ2v) is 4.07. The van der Waals surface area contributed by atoms with Gasteiger partial charge in [-0.2, -0.15) is 0 Å². The zero-order chi connectivity index (χ0) is 10.1. The Morgan fingerprint density at radius 2 is 2.20 bits per heavy atom. The molecule has 2 aromatic rings. The first kappa shape index (κ1) is 8.61. The lowest BCUT2D eigenvalue weighted by Gasteiger charge is -2.15. The third-order valence-electron chi connectivity index (χ3n) is 2.20. The number of para-hydroxylation sites is 2. The molecular formula is C11H8N2OS. The molecule has 1 aromatic heterocycles. The second-order valence-electron chi connectivity index (χ2n) is 3.18. The number of thiazole rings is 1. The van der Waals surface area contributed by atoms with Gasteiger partial charge >= 0.3 is 0 Å². The fourth-order valence-electron chi connectivity index (χ4n) is 1.48. The van der Waals surface area contributed by atoms with Crippen molar-refractivity contribution in [1.29, 1.82) is 0 Å². The first-order valence-corrected chi connectivity index (χ1v) is 5.50. The lowest BCUT2D eigenvalue weighted by Crippen LogP contribution is -2.14. The number of benzene rings is 1. The van der Waals surface area contributed by atoms with Crippen LogP contribution in [0, 0.1) is 0 Å². The van der Waals surface area contributed by atoms with Gasteiger partial charge in [-0.25, -0.2) is 4.99 Å². The third-order valence-corrected chi connectivity index (χ3v) is 3.02. The van der Waals surface area contributed by atoms with E-state index in [1.807, 2.05) is 30.5 Å². The molecule has 2 heterocycles. The summed E-state index contributed by atoms with van der Waals surface area (Å²) in [6, 6.07) is 7.80. The van der Waals surface area contributed by atoms with Crippen LogP contribution in [0.2, 0.25) is 0 Å². The molecule has 0 saturated heterocycles. The molecule has 1 aliphatic heterocycles. The molecular weight excluding hydrogens is 208 g/mol. The van der Waals surface area contributed by atoms with Crippen molar-refractivity contribution in [3.63, 3.8) is 0 Å². The number of hydrogen-bond donors (Lipinski definition) is 0. The van der Waals surface area contributed by atoms with Crippen LogP contribution in [-0.2, 0) is 0 Å². The van der Waals surface area contributed by atoms with Crippen molar-refractivity contribution < 1.29 is 4.74 Å². The van der Waals surface area contributed by atoms with Crippen molar-refractivity contribution in [3.05, 3.63) is 40.8 Å². The number of fused-ring (bicyclic) bond motifs is 1. The Morgan fingerprint density at radius 3 is 3.07 bits per heavy atom. The third kappa shape index (κ3) is 1.53. The van der Waals surface area contributed by atoms with Crippen LogP contribution < -0.4 is 4.74 Å². The van der Waals surface area contributed by atoms with E-state index in [0.717, 1.165) is 22.0 Å². The van der Waals surface area contributed by atoms with E-state index in [4.69, 9.17) is 4.74 Å². The van der Waals surface area contributed by atoms with E-state index in [1.54, 1.807) is 16.8 Å². The predicted molar refractivity (Wildman–Crippen MR) is 60.2 cm³/mol. The highest BCUT2D eigenvalue weighted by Crippen LogP contribution is 2.31. The average molecular weight is 216 g/mol. The standard InChI is InChI=1S/C11H8N2OS/c1-2-4-10-8(3-1)13-9(6-14-10)11-5-12-7-15-11/h1-5,7H,6H2. The highest BCUT2D eigenvalue weighted by molar-refractivity contribution is 7.11. The summed E-state index contributed by atoms with van der Waals surface area (Å²) < 4.78 is 5.61. The molecule has 0 bridgehead atoms. The second kappa shape index (κ2) is 3.47. The Morgan fingerprint density at radius 1 is 1.27 bits per heavy atom. The number of aliphatic imine (C=N–C) groups is 1. The average Bonchev–Trinajstić information content (AvgIpc) is 2.82. The molecule has 0 aliphatic carbocycles. The van der Waals surface area contributed by atoms with Gasteiger partial charge in [0.1, 0.15) is 18.0 Å². The highest BCUT2D eigenvalue weighted by Gasteiger charge is 2.14. The van der Waals surface area contributed by atoms with E-state index >= 15 is 0 Å². The molecule has 3 rings (SSSR count). The van der Waals surface area contributed by atoms with Crippen LogP contribution in [0.4, 0.5) is 5.69 Å². The summed E-state index contributed by atoms with van der Waals surface area (Å²) in [4.78, 5) is 9.66. The smallest absolute Gasteiger partial charge is 0.145 e. The first-order valence-electron chi connectivity index (χ1n) is 4.62. The minimum Gasteiger partial charge on any atom is -0.485 e. The van der Waals surface area contributed by atoms with E-state index in [1.165, 1.54) is 0 Å². The van der Waals surface area contributed by atoms with Crippen molar-refractivity contribution >= 4 is 22.7 Å². The van der Waals surface area contributed by atoms with Gasteiger partial charge < -0.3 is 4.74 Å². The molecule has 4 heteroatoms. The van der Waals surface area contributed by atoms with Gasteiger partial charge in [0.2, 0.25) is 0 Å². The van der Waals surface area contributed by atoms with Gasteiger partial charge in [-0.3, -0.25) is 4.98 Å². The Bertz CT molecular complexity index is 505. The van der Waals surface area contributed by atoms with Crippen molar-refractivity contribution in [2.24, 2.45) is 4.99 Å². The number of ether oxygens (including phenoxy) is 1. The Hall–Kier alpha value is -1.68. The molecule has 74 valence electrons. The summed E-state index contributed by atoms with van der Waals surface area (Å²) in [6.45, 7) is 0.527. The molecule has 0 spiro atoms. The minimum atomic E-state index is 0.527. The summed E-state index contributed by atoms with van der Waals surface area (Å²) >= 11 is 1.58. The topological polar surface area (TPSA) is 34.5 Å². The van der Waals surface area contributed by atoms with Gasteiger partial charge in [-0.1, -0.05) is 12.1 Å². The van der Waals surface area contributed by atoms with Crippen molar-refractivity contribution in [2.75, 3.05) is 6.61 Å². The molecule has 3 nitrogen and oxygen atoms in total. The number of rotatable bonds is 1. The molecule has 0 amide bonds. The maximum Gasteiger partial charge on any atom is 0.145 e. The maximum absolute atomic E-state index is 5.61. The zero-order valence-electron chi connectivity index (χ0n) is 7.88. The highest BCUT2D eigenvalue weighted by atomic mass is 32.1. The summed E-state index contributed by atoms with van der Waals surface area (Å²) in [7, 11) is 0. The molecule has 0 N–H and O–H groups in total. The van der Waals surface area contributed by atoms with E-state index in [0.29, 0.717) is 6.61 Å². The Labute approximate surface area is 91.1 Å². The van der Waals surface area contributed by atoms with Gasteiger partial charge in [0.15, 0.2) is 0 Å². The van der Waals surface area contributed by atoms with E-state index in [9.17, 15) is 0 Å².